The Hall–Kier alpha value is -1.72. The van der Waals surface area contributed by atoms with Gasteiger partial charge in [0, 0.05) is 6.42 Å². The van der Waals surface area contributed by atoms with E-state index in [1.54, 1.807) is 0 Å². The summed E-state index contributed by atoms with van der Waals surface area (Å²) in [6.45, 7) is -0.993. The maximum absolute atomic E-state index is 13.6. The van der Waals surface area contributed by atoms with Crippen LogP contribution in [0.25, 0.3) is 0 Å². The van der Waals surface area contributed by atoms with Gasteiger partial charge in [-0.25, -0.2) is 8.78 Å². The molecule has 1 fully saturated rings. The third-order valence-electron chi connectivity index (χ3n) is 5.19. The molecule has 1 nitrogen and oxygen atoms in total. The van der Waals surface area contributed by atoms with Crippen LogP contribution in [0.1, 0.15) is 6.42 Å². The lowest BCUT2D eigenvalue weighted by Crippen LogP contribution is -2.78. The van der Waals surface area contributed by atoms with E-state index in [9.17, 15) is 105 Å². The minimum atomic E-state index is -9.44. The van der Waals surface area contributed by atoms with E-state index >= 15 is 0 Å². The normalized spacial score (nSPS) is 19.9. The van der Waals surface area contributed by atoms with Gasteiger partial charge >= 0.3 is 71.6 Å². The van der Waals surface area contributed by atoms with Crippen LogP contribution in [0.15, 0.2) is 0 Å². The highest BCUT2D eigenvalue weighted by molar-refractivity contribution is 5.19. The second-order valence-corrected chi connectivity index (χ2v) is 7.96. The van der Waals surface area contributed by atoms with Crippen LogP contribution in [0, 0.1) is 0 Å². The van der Waals surface area contributed by atoms with E-state index in [2.05, 4.69) is 4.74 Å². The van der Waals surface area contributed by atoms with Gasteiger partial charge in [0.1, 0.15) is 0 Å². The predicted octanol–water partition coefficient (Wildman–Crippen LogP) is 8.03. The van der Waals surface area contributed by atoms with Gasteiger partial charge < -0.3 is 4.74 Å². The van der Waals surface area contributed by atoms with Gasteiger partial charge in [-0.05, 0) is 0 Å². The largest absolute Gasteiger partial charge is 0.385 e. The van der Waals surface area contributed by atoms with Crippen molar-refractivity contribution in [2.75, 3.05) is 6.61 Å². The highest BCUT2D eigenvalue weighted by Crippen LogP contribution is 2.67. The minimum Gasteiger partial charge on any atom is -0.373 e. The van der Waals surface area contributed by atoms with Crippen molar-refractivity contribution in [3.63, 3.8) is 0 Å². The zero-order chi connectivity index (χ0) is 32.8. The molecule has 0 saturated carbocycles. The Labute approximate surface area is 202 Å². The summed E-state index contributed by atoms with van der Waals surface area (Å²) in [5.74, 6) is -95.7. The minimum absolute atomic E-state index is 0.993. The first-order valence-electron chi connectivity index (χ1n) is 9.08. The van der Waals surface area contributed by atoms with Crippen LogP contribution >= 0.6 is 0 Å². The molecule has 0 amide bonds. The quantitative estimate of drug-likeness (QED) is 0.144. The first-order chi connectivity index (χ1) is 17.0. The molecule has 240 valence electrons. The van der Waals surface area contributed by atoms with Crippen molar-refractivity contribution in [1.29, 1.82) is 0 Å². The van der Waals surface area contributed by atoms with E-state index < -0.39 is 90.7 Å². The Kier molecular flexibility index (Phi) is 8.29. The van der Waals surface area contributed by atoms with Crippen molar-refractivity contribution in [1.82, 2.24) is 0 Å². The number of ether oxygens (including phenoxy) is 1. The summed E-state index contributed by atoms with van der Waals surface area (Å²) in [4.78, 5) is 0. The number of epoxide rings is 1. The van der Waals surface area contributed by atoms with Gasteiger partial charge in [-0.2, -0.15) is 96.6 Å². The summed E-state index contributed by atoms with van der Waals surface area (Å²) in [5.41, 5.74) is 0. The van der Waals surface area contributed by atoms with E-state index in [0.717, 1.165) is 0 Å². The zero-order valence-electron chi connectivity index (χ0n) is 17.5. The third kappa shape index (κ3) is 4.32. The fourth-order valence-electron chi connectivity index (χ4n) is 2.56. The molecule has 1 aliphatic heterocycles. The molecule has 0 aliphatic carbocycles. The molecule has 1 saturated heterocycles. The molecule has 0 spiro atoms. The van der Waals surface area contributed by atoms with Crippen LogP contribution in [-0.4, -0.2) is 84.3 Å². The summed E-state index contributed by atoms with van der Waals surface area (Å²) in [6, 6.07) is 0. The standard InChI is InChI=1S/C15H6F24O/c16-4(17)6(20,21)8(24,25)10(28,29)12(32,33)14(36,37)15(38,39)13(34,35)11(30,31)9(26,27)7(22,23)5(18,19)1-3-2-40-3/h3-4H,1-2H2. The smallest absolute Gasteiger partial charge is 0.373 e. The SMILES string of the molecule is FC(F)C(F)(F)C(F)(F)C(F)(F)C(F)(F)C(F)(F)C(F)(F)C(F)(F)C(F)(F)C(F)(F)C(F)(F)C(F)(F)CC1CO1. The van der Waals surface area contributed by atoms with Gasteiger partial charge in [-0.15, -0.1) is 0 Å². The van der Waals surface area contributed by atoms with E-state index in [1.807, 2.05) is 0 Å². The second-order valence-electron chi connectivity index (χ2n) is 7.96. The van der Waals surface area contributed by atoms with E-state index in [-0.39, 0.29) is 0 Å². The van der Waals surface area contributed by atoms with E-state index in [4.69, 9.17) is 0 Å². The monoisotopic (exact) mass is 658 g/mol. The first kappa shape index (κ1) is 36.3. The number of hydrogen-bond donors (Lipinski definition) is 0. The lowest BCUT2D eigenvalue weighted by atomic mass is 9.84. The molecule has 0 N–H and O–H groups in total. The molecule has 1 atom stereocenters. The lowest BCUT2D eigenvalue weighted by molar-refractivity contribution is -0.476. The lowest BCUT2D eigenvalue weighted by Gasteiger charge is -2.45. The van der Waals surface area contributed by atoms with E-state index in [0.29, 0.717) is 0 Å². The Morgan fingerprint density at radius 3 is 0.875 bits per heavy atom. The van der Waals surface area contributed by atoms with Crippen LogP contribution in [0.5, 0.6) is 0 Å². The molecular formula is C15H6F24O. The molecule has 1 unspecified atom stereocenters. The van der Waals surface area contributed by atoms with Crippen molar-refractivity contribution in [2.45, 2.75) is 84.1 Å². The molecular weight excluding hydrogens is 652 g/mol. The van der Waals surface area contributed by atoms with E-state index in [1.165, 1.54) is 0 Å². The van der Waals surface area contributed by atoms with Crippen molar-refractivity contribution < 1.29 is 110 Å². The fraction of sp³-hybridized carbons (Fsp3) is 1.00. The van der Waals surface area contributed by atoms with Crippen molar-refractivity contribution in [3.8, 4) is 0 Å². The summed E-state index contributed by atoms with van der Waals surface area (Å²) in [6.07, 6.45) is -11.2. The third-order valence-corrected chi connectivity index (χ3v) is 5.19. The average Bonchev–Trinajstić information content (AvgIpc) is 3.55. The van der Waals surface area contributed by atoms with Gasteiger partial charge in [-0.1, -0.05) is 0 Å². The Morgan fingerprint density at radius 1 is 0.425 bits per heavy atom. The maximum atomic E-state index is 13.6. The fourth-order valence-corrected chi connectivity index (χ4v) is 2.56. The Bertz CT molecular complexity index is 929. The van der Waals surface area contributed by atoms with Crippen LogP contribution in [-0.2, 0) is 4.74 Å². The van der Waals surface area contributed by atoms with Crippen LogP contribution in [0.4, 0.5) is 105 Å². The second kappa shape index (κ2) is 9.14. The number of halogens is 24. The average molecular weight is 658 g/mol. The zero-order valence-corrected chi connectivity index (χ0v) is 17.5. The molecule has 25 heteroatoms. The van der Waals surface area contributed by atoms with Gasteiger partial charge in [0.15, 0.2) is 0 Å². The van der Waals surface area contributed by atoms with Gasteiger partial charge in [0.05, 0.1) is 12.7 Å². The molecule has 1 aliphatic rings. The summed E-state index contributed by atoms with van der Waals surface area (Å²) in [7, 11) is 0. The Balaban J connectivity index is 3.78. The highest BCUT2D eigenvalue weighted by Gasteiger charge is 2.98. The highest BCUT2D eigenvalue weighted by atomic mass is 19.4. The van der Waals surface area contributed by atoms with Gasteiger partial charge in [-0.3, -0.25) is 0 Å². The van der Waals surface area contributed by atoms with Crippen molar-refractivity contribution in [3.05, 3.63) is 0 Å². The number of alkyl halides is 24. The van der Waals surface area contributed by atoms with Crippen LogP contribution < -0.4 is 0 Å². The molecule has 40 heavy (non-hydrogen) atoms. The van der Waals surface area contributed by atoms with Crippen LogP contribution in [0.2, 0.25) is 0 Å². The first-order valence-corrected chi connectivity index (χ1v) is 9.08. The molecule has 0 aromatic carbocycles. The topological polar surface area (TPSA) is 12.5 Å². The Morgan fingerprint density at radius 2 is 0.650 bits per heavy atom. The van der Waals surface area contributed by atoms with Gasteiger partial charge in [0.2, 0.25) is 0 Å². The number of hydrogen-bond acceptors (Lipinski definition) is 1. The molecule has 0 bridgehead atoms. The molecule has 0 radical (unpaired) electrons. The van der Waals surface area contributed by atoms with Gasteiger partial charge in [0.25, 0.3) is 0 Å². The molecule has 1 heterocycles. The summed E-state index contributed by atoms with van der Waals surface area (Å²) in [5, 5.41) is 0. The summed E-state index contributed by atoms with van der Waals surface area (Å²) >= 11 is 0. The van der Waals surface area contributed by atoms with Crippen molar-refractivity contribution >= 4 is 0 Å². The number of rotatable bonds is 13. The van der Waals surface area contributed by atoms with Crippen molar-refractivity contribution in [2.24, 2.45) is 0 Å². The molecule has 0 aromatic rings. The molecule has 1 rings (SSSR count). The summed E-state index contributed by atoms with van der Waals surface area (Å²) < 4.78 is 323. The predicted molar refractivity (Wildman–Crippen MR) is 74.8 cm³/mol. The maximum Gasteiger partial charge on any atom is 0.385 e. The van der Waals surface area contributed by atoms with Crippen LogP contribution in [0.3, 0.4) is 0 Å². The molecule has 0 aromatic heterocycles.